The van der Waals surface area contributed by atoms with Crippen LogP contribution in [0.15, 0.2) is 204 Å². The Labute approximate surface area is 341 Å². The molecule has 270 valence electrons. The smallest absolute Gasteiger partial charge is 0.187 e. The highest BCUT2D eigenvalue weighted by Gasteiger charge is 2.50. The summed E-state index contributed by atoms with van der Waals surface area (Å²) in [7, 11) is 0. The third-order valence-electron chi connectivity index (χ3n) is 11.4. The molecule has 1 atom stereocenters. The molecule has 0 saturated carbocycles. The Morgan fingerprint density at radius 1 is 0.362 bits per heavy atom. The minimum atomic E-state index is -0.586. The molecule has 0 amide bonds. The van der Waals surface area contributed by atoms with E-state index in [0.717, 1.165) is 38.9 Å². The van der Waals surface area contributed by atoms with Crippen molar-refractivity contribution in [3.05, 3.63) is 228 Å². The zero-order chi connectivity index (χ0) is 38.6. The summed E-state index contributed by atoms with van der Waals surface area (Å²) in [5.41, 5.74) is 14.9. The summed E-state index contributed by atoms with van der Waals surface area (Å²) in [5, 5.41) is 0. The molecular weight excluding hydrogens is 725 g/mol. The van der Waals surface area contributed by atoms with Crippen molar-refractivity contribution in [2.75, 3.05) is 0 Å². The SMILES string of the molecule is [C-]#[N+]c1ccc(-c2ccc(-c3ccc4c(c3)C3(c5ccccc5S4)c4ccccc4-c4ccc(-c5nc(-c6ccccc6)nc(-c6ccccc6)n5)cc43)cc2)cc1. The van der Waals surface area contributed by atoms with Crippen molar-refractivity contribution < 1.29 is 0 Å². The monoisotopic (exact) mass is 756 g/mol. The third-order valence-corrected chi connectivity index (χ3v) is 12.6. The van der Waals surface area contributed by atoms with Crippen LogP contribution in [0.4, 0.5) is 5.69 Å². The molecule has 1 spiro atoms. The van der Waals surface area contributed by atoms with Gasteiger partial charge in [-0.3, -0.25) is 0 Å². The molecule has 0 saturated heterocycles. The standard InChI is InChI=1S/C53H32N4S/c1-54-41-28-24-35(25-29-41)34-20-22-36(23-21-34)39-27-31-49-47(32-39)53(45-18-10-11-19-48(45)58-49)44-17-9-8-16-42(44)43-30-26-40(33-46(43)53)52-56-50(37-12-4-2-5-13-37)55-51(57-52)38-14-6-3-7-15-38/h2-33H. The number of rotatable bonds is 5. The Morgan fingerprint density at radius 3 is 1.48 bits per heavy atom. The summed E-state index contributed by atoms with van der Waals surface area (Å²) < 4.78 is 0. The maximum Gasteiger partial charge on any atom is 0.187 e. The molecule has 58 heavy (non-hydrogen) atoms. The lowest BCUT2D eigenvalue weighted by Gasteiger charge is -2.40. The van der Waals surface area contributed by atoms with Gasteiger partial charge in [-0.25, -0.2) is 19.8 Å². The molecule has 5 heteroatoms. The topological polar surface area (TPSA) is 43.0 Å². The lowest BCUT2D eigenvalue weighted by atomic mass is 9.66. The van der Waals surface area contributed by atoms with Crippen LogP contribution in [0.1, 0.15) is 22.3 Å². The van der Waals surface area contributed by atoms with Gasteiger partial charge in [0.1, 0.15) is 0 Å². The van der Waals surface area contributed by atoms with Crippen molar-refractivity contribution in [2.24, 2.45) is 0 Å². The summed E-state index contributed by atoms with van der Waals surface area (Å²) in [6.45, 7) is 7.33. The largest absolute Gasteiger partial charge is 0.238 e. The van der Waals surface area contributed by atoms with Gasteiger partial charge in [0.25, 0.3) is 0 Å². The first kappa shape index (κ1) is 33.9. The number of benzene rings is 8. The van der Waals surface area contributed by atoms with E-state index in [-0.39, 0.29) is 0 Å². The van der Waals surface area contributed by atoms with E-state index in [1.54, 1.807) is 0 Å². The first-order chi connectivity index (χ1) is 28.7. The Kier molecular flexibility index (Phi) is 7.99. The second-order valence-electron chi connectivity index (χ2n) is 14.6. The fraction of sp³-hybridized carbons (Fsp3) is 0.0189. The Hall–Kier alpha value is -7.39. The van der Waals surface area contributed by atoms with E-state index in [4.69, 9.17) is 21.5 Å². The van der Waals surface area contributed by atoms with E-state index in [1.165, 1.54) is 43.2 Å². The van der Waals surface area contributed by atoms with E-state index in [2.05, 4.69) is 138 Å². The van der Waals surface area contributed by atoms with Crippen molar-refractivity contribution in [1.82, 2.24) is 15.0 Å². The van der Waals surface area contributed by atoms with E-state index < -0.39 is 5.41 Å². The van der Waals surface area contributed by atoms with Gasteiger partial charge in [0.05, 0.1) is 12.0 Å². The van der Waals surface area contributed by atoms with Crippen LogP contribution in [-0.2, 0) is 5.41 Å². The lowest BCUT2D eigenvalue weighted by molar-refractivity contribution is 0.723. The zero-order valence-corrected chi connectivity index (χ0v) is 32.0. The molecule has 2 heterocycles. The van der Waals surface area contributed by atoms with Crippen LogP contribution in [-0.4, -0.2) is 15.0 Å². The van der Waals surface area contributed by atoms with Gasteiger partial charge >= 0.3 is 0 Å². The highest BCUT2D eigenvalue weighted by atomic mass is 32.2. The molecule has 0 bridgehead atoms. The molecule has 4 nitrogen and oxygen atoms in total. The Morgan fingerprint density at radius 2 is 0.828 bits per heavy atom. The van der Waals surface area contributed by atoms with Gasteiger partial charge in [0, 0.05) is 26.5 Å². The van der Waals surface area contributed by atoms with Gasteiger partial charge in [-0.15, -0.1) is 0 Å². The van der Waals surface area contributed by atoms with Crippen LogP contribution in [0, 0.1) is 6.57 Å². The summed E-state index contributed by atoms with van der Waals surface area (Å²) >= 11 is 1.84. The van der Waals surface area contributed by atoms with Crippen molar-refractivity contribution in [3.63, 3.8) is 0 Å². The lowest BCUT2D eigenvalue weighted by Crippen LogP contribution is -2.32. The number of fused-ring (bicyclic) bond motifs is 9. The third kappa shape index (κ3) is 5.42. The van der Waals surface area contributed by atoms with Crippen LogP contribution in [0.3, 0.4) is 0 Å². The average molecular weight is 757 g/mol. The highest BCUT2D eigenvalue weighted by molar-refractivity contribution is 7.99. The number of nitrogens with zero attached hydrogens (tertiary/aromatic N) is 4. The molecule has 1 aliphatic carbocycles. The van der Waals surface area contributed by atoms with Crippen molar-refractivity contribution >= 4 is 17.4 Å². The molecule has 1 unspecified atom stereocenters. The molecule has 9 aromatic rings. The maximum absolute atomic E-state index is 7.33. The Bertz CT molecular complexity index is 3020. The Balaban J connectivity index is 1.11. The molecule has 1 aliphatic heterocycles. The second-order valence-corrected chi connectivity index (χ2v) is 15.7. The van der Waals surface area contributed by atoms with Crippen LogP contribution in [0.2, 0.25) is 0 Å². The van der Waals surface area contributed by atoms with E-state index in [0.29, 0.717) is 23.2 Å². The fourth-order valence-electron chi connectivity index (χ4n) is 8.74. The van der Waals surface area contributed by atoms with Crippen molar-refractivity contribution in [2.45, 2.75) is 15.2 Å². The van der Waals surface area contributed by atoms with Gasteiger partial charge in [-0.05, 0) is 79.9 Å². The van der Waals surface area contributed by atoms with E-state index >= 15 is 0 Å². The summed E-state index contributed by atoms with van der Waals surface area (Å²) in [4.78, 5) is 21.3. The maximum atomic E-state index is 7.33. The van der Waals surface area contributed by atoms with Gasteiger partial charge < -0.3 is 0 Å². The van der Waals surface area contributed by atoms with Crippen molar-refractivity contribution in [3.8, 4) is 67.5 Å². The quantitative estimate of drug-likeness (QED) is 0.164. The molecule has 0 fully saturated rings. The van der Waals surface area contributed by atoms with Gasteiger partial charge in [0.2, 0.25) is 0 Å². The average Bonchev–Trinajstić information content (AvgIpc) is 3.59. The van der Waals surface area contributed by atoms with Crippen LogP contribution < -0.4 is 0 Å². The normalized spacial score (nSPS) is 14.5. The van der Waals surface area contributed by atoms with Crippen molar-refractivity contribution in [1.29, 1.82) is 0 Å². The first-order valence-electron chi connectivity index (χ1n) is 19.3. The van der Waals surface area contributed by atoms with Gasteiger partial charge in [-0.1, -0.05) is 182 Å². The zero-order valence-electron chi connectivity index (χ0n) is 31.2. The van der Waals surface area contributed by atoms with E-state index in [1.807, 2.05) is 72.4 Å². The fourth-order valence-corrected chi connectivity index (χ4v) is 9.91. The molecular formula is C53H32N4S. The predicted molar refractivity (Wildman–Crippen MR) is 235 cm³/mol. The number of hydrogen-bond acceptors (Lipinski definition) is 4. The van der Waals surface area contributed by atoms with Crippen LogP contribution in [0.25, 0.3) is 72.4 Å². The summed E-state index contributed by atoms with van der Waals surface area (Å²) in [6.07, 6.45) is 0. The van der Waals surface area contributed by atoms with E-state index in [9.17, 15) is 0 Å². The molecule has 0 N–H and O–H groups in total. The highest BCUT2D eigenvalue weighted by Crippen LogP contribution is 2.62. The first-order valence-corrected chi connectivity index (χ1v) is 20.1. The number of aromatic nitrogens is 3. The summed E-state index contributed by atoms with van der Waals surface area (Å²) in [6, 6.07) is 68.4. The second kappa shape index (κ2) is 13.7. The molecule has 11 rings (SSSR count). The van der Waals surface area contributed by atoms with Gasteiger partial charge in [0.15, 0.2) is 23.2 Å². The molecule has 0 radical (unpaired) electrons. The minimum absolute atomic E-state index is 0.586. The van der Waals surface area contributed by atoms with Crippen LogP contribution >= 0.6 is 11.8 Å². The predicted octanol–water partition coefficient (Wildman–Crippen LogP) is 13.6. The number of hydrogen-bond donors (Lipinski definition) is 0. The van der Waals surface area contributed by atoms with Gasteiger partial charge in [-0.2, -0.15) is 0 Å². The molecule has 8 aromatic carbocycles. The minimum Gasteiger partial charge on any atom is -0.238 e. The van der Waals surface area contributed by atoms with Crippen LogP contribution in [0.5, 0.6) is 0 Å². The summed E-state index contributed by atoms with van der Waals surface area (Å²) in [5.74, 6) is 1.92. The molecule has 1 aromatic heterocycles. The molecule has 2 aliphatic rings.